The van der Waals surface area contributed by atoms with Crippen molar-refractivity contribution in [3.63, 3.8) is 0 Å². The molecule has 1 aromatic heterocycles. The minimum atomic E-state index is -6.59. The number of hydrogen-bond donors (Lipinski definition) is 1. The number of nitrogens with zero attached hydrogens (tertiary/aromatic N) is 1. The molecule has 124 valence electrons. The molecule has 22 heavy (non-hydrogen) atoms. The van der Waals surface area contributed by atoms with Crippen LogP contribution in [0.1, 0.15) is 5.56 Å². The summed E-state index contributed by atoms with van der Waals surface area (Å²) in [7, 11) is 0. The van der Waals surface area contributed by atoms with Crippen molar-refractivity contribution in [1.82, 2.24) is 10.3 Å². The van der Waals surface area contributed by atoms with Gasteiger partial charge in [0.05, 0.1) is 0 Å². The van der Waals surface area contributed by atoms with Gasteiger partial charge in [0.2, 0.25) is 0 Å². The van der Waals surface area contributed by atoms with Gasteiger partial charge < -0.3 is 5.32 Å². The average Bonchev–Trinajstić information content (AvgIpc) is 2.33. The lowest BCUT2D eigenvalue weighted by Crippen LogP contribution is -2.59. The van der Waals surface area contributed by atoms with E-state index < -0.39 is 30.5 Å². The van der Waals surface area contributed by atoms with E-state index in [0.717, 1.165) is 12.1 Å². The quantitative estimate of drug-likeness (QED) is 0.644. The molecule has 0 aliphatic rings. The molecule has 0 aromatic carbocycles. The SMILES string of the molecule is O=C(NCc1cc(Cl)nc(Cl)c1)C(F)(F)C(F)(F)C(F)(F)F. The van der Waals surface area contributed by atoms with E-state index in [1.165, 1.54) is 5.32 Å². The number of alkyl halides is 7. The number of amides is 1. The van der Waals surface area contributed by atoms with E-state index in [-0.39, 0.29) is 15.9 Å². The molecule has 0 fully saturated rings. The molecule has 0 saturated carbocycles. The van der Waals surface area contributed by atoms with Crippen molar-refractivity contribution in [2.75, 3.05) is 0 Å². The van der Waals surface area contributed by atoms with Gasteiger partial charge in [0, 0.05) is 6.54 Å². The fourth-order valence-electron chi connectivity index (χ4n) is 1.23. The lowest BCUT2D eigenvalue weighted by molar-refractivity contribution is -0.344. The highest BCUT2D eigenvalue weighted by atomic mass is 35.5. The second-order valence-electron chi connectivity index (χ2n) is 3.95. The van der Waals surface area contributed by atoms with Gasteiger partial charge in [-0.05, 0) is 17.7 Å². The predicted molar refractivity (Wildman–Crippen MR) is 62.1 cm³/mol. The van der Waals surface area contributed by atoms with E-state index in [1.54, 1.807) is 0 Å². The second-order valence-corrected chi connectivity index (χ2v) is 4.72. The third-order valence-electron chi connectivity index (χ3n) is 2.31. The lowest BCUT2D eigenvalue weighted by atomic mass is 10.1. The van der Waals surface area contributed by atoms with Crippen LogP contribution in [-0.2, 0) is 11.3 Å². The summed E-state index contributed by atoms with van der Waals surface area (Å²) in [5, 5.41) is 0.877. The van der Waals surface area contributed by atoms with Gasteiger partial charge >= 0.3 is 18.0 Å². The fourth-order valence-corrected chi connectivity index (χ4v) is 1.74. The van der Waals surface area contributed by atoms with Crippen molar-refractivity contribution in [1.29, 1.82) is 0 Å². The van der Waals surface area contributed by atoms with E-state index >= 15 is 0 Å². The van der Waals surface area contributed by atoms with Crippen LogP contribution in [0.2, 0.25) is 10.3 Å². The lowest BCUT2D eigenvalue weighted by Gasteiger charge is -2.27. The predicted octanol–water partition coefficient (Wildman–Crippen LogP) is 3.84. The maximum absolute atomic E-state index is 13.0. The first kappa shape index (κ1) is 18.8. The van der Waals surface area contributed by atoms with Gasteiger partial charge in [-0.25, -0.2) is 4.98 Å². The van der Waals surface area contributed by atoms with Gasteiger partial charge in [-0.2, -0.15) is 30.7 Å². The first-order chi connectivity index (χ1) is 9.79. The molecule has 1 rings (SSSR count). The molecule has 1 heterocycles. The van der Waals surface area contributed by atoms with E-state index in [9.17, 15) is 35.5 Å². The normalized spacial score (nSPS) is 13.1. The fraction of sp³-hybridized carbons (Fsp3) is 0.400. The Morgan fingerprint density at radius 3 is 1.91 bits per heavy atom. The van der Waals surface area contributed by atoms with Gasteiger partial charge in [0.1, 0.15) is 10.3 Å². The molecule has 1 N–H and O–H groups in total. The van der Waals surface area contributed by atoms with Crippen molar-refractivity contribution in [2.45, 2.75) is 24.6 Å². The largest absolute Gasteiger partial charge is 0.460 e. The van der Waals surface area contributed by atoms with E-state index in [4.69, 9.17) is 23.2 Å². The van der Waals surface area contributed by atoms with E-state index in [2.05, 4.69) is 4.98 Å². The van der Waals surface area contributed by atoms with Crippen molar-refractivity contribution >= 4 is 29.1 Å². The van der Waals surface area contributed by atoms with Gasteiger partial charge in [-0.15, -0.1) is 0 Å². The number of nitrogens with one attached hydrogen (secondary N) is 1. The zero-order valence-corrected chi connectivity index (χ0v) is 11.6. The van der Waals surface area contributed by atoms with Crippen LogP contribution in [0.5, 0.6) is 0 Å². The molecule has 0 radical (unpaired) electrons. The monoisotopic (exact) mass is 372 g/mol. The number of pyridine rings is 1. The Morgan fingerprint density at radius 1 is 1.05 bits per heavy atom. The van der Waals surface area contributed by atoms with E-state index in [0.29, 0.717) is 0 Å². The molecule has 0 spiro atoms. The van der Waals surface area contributed by atoms with Crippen LogP contribution in [0.15, 0.2) is 12.1 Å². The first-order valence-corrected chi connectivity index (χ1v) is 5.97. The molecule has 0 atom stereocenters. The molecule has 0 aliphatic heterocycles. The van der Waals surface area contributed by atoms with Gasteiger partial charge in [-0.1, -0.05) is 23.2 Å². The van der Waals surface area contributed by atoms with Gasteiger partial charge in [0.15, 0.2) is 0 Å². The Hall–Kier alpha value is -1.29. The maximum Gasteiger partial charge on any atom is 0.460 e. The molecule has 12 heteroatoms. The smallest absolute Gasteiger partial charge is 0.347 e. The minimum absolute atomic E-state index is 0.0236. The van der Waals surface area contributed by atoms with Crippen LogP contribution >= 0.6 is 23.2 Å². The van der Waals surface area contributed by atoms with Crippen molar-refractivity contribution < 1.29 is 35.5 Å². The van der Waals surface area contributed by atoms with Gasteiger partial charge in [0.25, 0.3) is 5.91 Å². The van der Waals surface area contributed by atoms with Crippen LogP contribution in [0, 0.1) is 0 Å². The highest BCUT2D eigenvalue weighted by Gasteiger charge is 2.76. The third-order valence-corrected chi connectivity index (χ3v) is 2.70. The molecule has 3 nitrogen and oxygen atoms in total. The molecule has 0 bridgehead atoms. The highest BCUT2D eigenvalue weighted by Crippen LogP contribution is 2.46. The third kappa shape index (κ3) is 3.72. The molecule has 1 amide bonds. The minimum Gasteiger partial charge on any atom is -0.347 e. The average molecular weight is 373 g/mol. The van der Waals surface area contributed by atoms with E-state index in [1.807, 2.05) is 0 Å². The molecular formula is C10H5Cl2F7N2O. The first-order valence-electron chi connectivity index (χ1n) is 5.21. The van der Waals surface area contributed by atoms with Crippen molar-refractivity contribution in [3.05, 3.63) is 28.0 Å². The summed E-state index contributed by atoms with van der Waals surface area (Å²) >= 11 is 10.9. The summed E-state index contributed by atoms with van der Waals surface area (Å²) in [4.78, 5) is 14.5. The zero-order valence-electron chi connectivity index (χ0n) is 10.1. The summed E-state index contributed by atoms with van der Waals surface area (Å²) in [6.45, 7) is -0.801. The Balaban J connectivity index is 2.88. The van der Waals surface area contributed by atoms with Crippen molar-refractivity contribution in [2.24, 2.45) is 0 Å². The zero-order chi connectivity index (χ0) is 17.3. The molecule has 0 aliphatic carbocycles. The number of carbonyl (C=O) groups excluding carboxylic acids is 1. The van der Waals surface area contributed by atoms with Gasteiger partial charge in [-0.3, -0.25) is 4.79 Å². The number of halogens is 9. The number of rotatable bonds is 4. The van der Waals surface area contributed by atoms with Crippen LogP contribution < -0.4 is 5.32 Å². The summed E-state index contributed by atoms with van der Waals surface area (Å²) in [5.74, 6) is -15.3. The Morgan fingerprint density at radius 2 is 1.50 bits per heavy atom. The number of hydrogen-bond acceptors (Lipinski definition) is 2. The standard InChI is InChI=1S/C10H5Cl2F7N2O/c11-5-1-4(2-6(12)21-5)3-20-7(22)8(13,14)9(15,16)10(17,18)19/h1-2H,3H2,(H,20,22). The Kier molecular flexibility index (Phi) is 5.18. The molecule has 0 unspecified atom stereocenters. The Labute approximate surface area is 128 Å². The number of aromatic nitrogens is 1. The molecular weight excluding hydrogens is 368 g/mol. The topological polar surface area (TPSA) is 42.0 Å². The second kappa shape index (κ2) is 6.07. The maximum atomic E-state index is 13.0. The number of carbonyl (C=O) groups is 1. The van der Waals surface area contributed by atoms with Crippen LogP contribution in [-0.4, -0.2) is 28.9 Å². The van der Waals surface area contributed by atoms with Crippen LogP contribution in [0.3, 0.4) is 0 Å². The summed E-state index contributed by atoms with van der Waals surface area (Å²) in [5.41, 5.74) is -0.0236. The Bertz CT molecular complexity index is 557. The summed E-state index contributed by atoms with van der Waals surface area (Å²) in [6.07, 6.45) is -6.59. The van der Waals surface area contributed by atoms with Crippen molar-refractivity contribution in [3.8, 4) is 0 Å². The highest BCUT2D eigenvalue weighted by molar-refractivity contribution is 6.32. The molecule has 0 saturated heterocycles. The molecule has 1 aromatic rings. The summed E-state index contributed by atoms with van der Waals surface area (Å²) < 4.78 is 87.0. The van der Waals surface area contributed by atoms with Crippen LogP contribution in [0.25, 0.3) is 0 Å². The van der Waals surface area contributed by atoms with Crippen LogP contribution in [0.4, 0.5) is 30.7 Å². The summed E-state index contributed by atoms with van der Waals surface area (Å²) in [6, 6.07) is 2.10.